The lowest BCUT2D eigenvalue weighted by Crippen LogP contribution is -2.53. The molecule has 3 N–H and O–H groups in total. The molecule has 0 radical (unpaired) electrons. The zero-order valence-corrected chi connectivity index (χ0v) is 13.0. The standard InChI is InChI=1S/C15H27N3O3/c1-15(2,13(19)20)11-4-3-9-18(10-11)14(21)17-12-5-7-16-8-6-12/h11-12,16H,3-10H2,1-2H3,(H,17,21)(H,19,20). The van der Waals surface area contributed by atoms with E-state index in [1.807, 2.05) is 0 Å². The van der Waals surface area contributed by atoms with Crippen LogP contribution in [-0.4, -0.2) is 54.2 Å². The SMILES string of the molecule is CC(C)(C(=O)O)C1CCCN(C(=O)NC2CCNCC2)C1. The predicted molar refractivity (Wildman–Crippen MR) is 80.1 cm³/mol. The molecule has 120 valence electrons. The van der Waals surface area contributed by atoms with E-state index in [-0.39, 0.29) is 18.0 Å². The number of rotatable bonds is 3. The van der Waals surface area contributed by atoms with Gasteiger partial charge in [-0.2, -0.15) is 0 Å². The van der Waals surface area contributed by atoms with Crippen LogP contribution in [0.2, 0.25) is 0 Å². The van der Waals surface area contributed by atoms with Crippen molar-refractivity contribution >= 4 is 12.0 Å². The van der Waals surface area contributed by atoms with Crippen LogP contribution in [0.5, 0.6) is 0 Å². The number of hydrogen-bond acceptors (Lipinski definition) is 3. The molecular weight excluding hydrogens is 270 g/mol. The van der Waals surface area contributed by atoms with Gasteiger partial charge in [0.05, 0.1) is 5.41 Å². The topological polar surface area (TPSA) is 81.7 Å². The van der Waals surface area contributed by atoms with Gasteiger partial charge in [-0.3, -0.25) is 4.79 Å². The average molecular weight is 297 g/mol. The molecule has 0 aromatic carbocycles. The first kappa shape index (κ1) is 16.1. The summed E-state index contributed by atoms with van der Waals surface area (Å²) < 4.78 is 0. The Kier molecular flexibility index (Phi) is 5.08. The normalized spacial score (nSPS) is 24.7. The summed E-state index contributed by atoms with van der Waals surface area (Å²) in [6.07, 6.45) is 3.67. The highest BCUT2D eigenvalue weighted by atomic mass is 16.4. The Morgan fingerprint density at radius 2 is 1.90 bits per heavy atom. The summed E-state index contributed by atoms with van der Waals surface area (Å²) in [6, 6.07) is 0.208. The van der Waals surface area contributed by atoms with Crippen LogP contribution in [0.3, 0.4) is 0 Å². The average Bonchev–Trinajstić information content (AvgIpc) is 2.48. The first-order chi connectivity index (χ1) is 9.91. The van der Waals surface area contributed by atoms with Gasteiger partial charge in [-0.15, -0.1) is 0 Å². The number of nitrogens with one attached hydrogen (secondary N) is 2. The van der Waals surface area contributed by atoms with E-state index in [2.05, 4.69) is 10.6 Å². The molecule has 1 unspecified atom stereocenters. The van der Waals surface area contributed by atoms with Gasteiger partial charge in [0.1, 0.15) is 0 Å². The number of piperidine rings is 2. The van der Waals surface area contributed by atoms with Crippen molar-refractivity contribution in [2.45, 2.75) is 45.6 Å². The van der Waals surface area contributed by atoms with Crippen molar-refractivity contribution in [3.63, 3.8) is 0 Å². The van der Waals surface area contributed by atoms with E-state index in [4.69, 9.17) is 0 Å². The monoisotopic (exact) mass is 297 g/mol. The second kappa shape index (κ2) is 6.64. The minimum atomic E-state index is -0.784. The number of carbonyl (C=O) groups is 2. The van der Waals surface area contributed by atoms with Crippen molar-refractivity contribution in [1.82, 2.24) is 15.5 Å². The van der Waals surface area contributed by atoms with Crippen LogP contribution in [0, 0.1) is 11.3 Å². The van der Waals surface area contributed by atoms with Crippen LogP contribution in [0.4, 0.5) is 4.79 Å². The molecule has 6 heteroatoms. The molecule has 0 aromatic heterocycles. The number of urea groups is 1. The molecule has 2 heterocycles. The number of carbonyl (C=O) groups excluding carboxylic acids is 1. The number of carboxylic acids is 1. The van der Waals surface area contributed by atoms with Gasteiger partial charge in [-0.1, -0.05) is 0 Å². The Morgan fingerprint density at radius 3 is 2.52 bits per heavy atom. The molecule has 0 bridgehead atoms. The molecule has 6 nitrogen and oxygen atoms in total. The van der Waals surface area contributed by atoms with E-state index >= 15 is 0 Å². The minimum absolute atomic E-state index is 0.0162. The first-order valence-electron chi connectivity index (χ1n) is 7.91. The molecule has 0 saturated carbocycles. The molecule has 1 atom stereocenters. The molecule has 2 saturated heterocycles. The van der Waals surface area contributed by atoms with Gasteiger partial charge in [-0.05, 0) is 58.5 Å². The third kappa shape index (κ3) is 3.87. The van der Waals surface area contributed by atoms with Gasteiger partial charge in [0.2, 0.25) is 0 Å². The molecule has 0 aliphatic carbocycles. The van der Waals surface area contributed by atoms with Crippen LogP contribution >= 0.6 is 0 Å². The fourth-order valence-corrected chi connectivity index (χ4v) is 3.16. The zero-order chi connectivity index (χ0) is 15.5. The summed E-state index contributed by atoms with van der Waals surface area (Å²) in [5.41, 5.74) is -0.784. The van der Waals surface area contributed by atoms with E-state index in [0.29, 0.717) is 6.54 Å². The third-order valence-electron chi connectivity index (χ3n) is 4.95. The second-order valence-electron chi connectivity index (χ2n) is 6.79. The van der Waals surface area contributed by atoms with Crippen LogP contribution < -0.4 is 10.6 Å². The van der Waals surface area contributed by atoms with E-state index in [1.165, 1.54) is 0 Å². The number of carboxylic acid groups (broad SMARTS) is 1. The van der Waals surface area contributed by atoms with Gasteiger partial charge < -0.3 is 20.6 Å². The second-order valence-corrected chi connectivity index (χ2v) is 6.79. The molecule has 21 heavy (non-hydrogen) atoms. The highest BCUT2D eigenvalue weighted by Crippen LogP contribution is 2.34. The lowest BCUT2D eigenvalue weighted by molar-refractivity contribution is -0.151. The van der Waals surface area contributed by atoms with Crippen molar-refractivity contribution in [2.24, 2.45) is 11.3 Å². The van der Waals surface area contributed by atoms with Crippen LogP contribution in [0.25, 0.3) is 0 Å². The number of nitrogens with zero attached hydrogens (tertiary/aromatic N) is 1. The Bertz CT molecular complexity index is 392. The summed E-state index contributed by atoms with van der Waals surface area (Å²) in [5, 5.41) is 15.7. The largest absolute Gasteiger partial charge is 0.481 e. The first-order valence-corrected chi connectivity index (χ1v) is 7.91. The van der Waals surface area contributed by atoms with Crippen molar-refractivity contribution in [3.05, 3.63) is 0 Å². The van der Waals surface area contributed by atoms with Crippen molar-refractivity contribution in [2.75, 3.05) is 26.2 Å². The van der Waals surface area contributed by atoms with Crippen LogP contribution in [0.1, 0.15) is 39.5 Å². The number of amides is 2. The van der Waals surface area contributed by atoms with Gasteiger partial charge >= 0.3 is 12.0 Å². The Morgan fingerprint density at radius 1 is 1.24 bits per heavy atom. The van der Waals surface area contributed by atoms with Gasteiger partial charge in [0.25, 0.3) is 0 Å². The van der Waals surface area contributed by atoms with Crippen molar-refractivity contribution in [3.8, 4) is 0 Å². The molecule has 2 aliphatic heterocycles. The van der Waals surface area contributed by atoms with Crippen LogP contribution in [-0.2, 0) is 4.79 Å². The number of hydrogen-bond donors (Lipinski definition) is 3. The van der Waals surface area contributed by atoms with E-state index in [1.54, 1.807) is 18.7 Å². The molecule has 0 spiro atoms. The fourth-order valence-electron chi connectivity index (χ4n) is 3.16. The smallest absolute Gasteiger partial charge is 0.317 e. The predicted octanol–water partition coefficient (Wildman–Crippen LogP) is 1.27. The number of aliphatic carboxylic acids is 1. The van der Waals surface area contributed by atoms with E-state index in [9.17, 15) is 14.7 Å². The maximum absolute atomic E-state index is 12.4. The molecule has 2 amide bonds. The lowest BCUT2D eigenvalue weighted by Gasteiger charge is -2.39. The third-order valence-corrected chi connectivity index (χ3v) is 4.95. The van der Waals surface area contributed by atoms with E-state index in [0.717, 1.165) is 45.3 Å². The zero-order valence-electron chi connectivity index (χ0n) is 13.0. The molecule has 2 fully saturated rings. The van der Waals surface area contributed by atoms with Crippen molar-refractivity contribution < 1.29 is 14.7 Å². The minimum Gasteiger partial charge on any atom is -0.481 e. The highest BCUT2D eigenvalue weighted by Gasteiger charge is 2.40. The summed E-state index contributed by atoms with van der Waals surface area (Å²) in [4.78, 5) is 25.5. The summed E-state index contributed by atoms with van der Waals surface area (Å²) in [6.45, 7) is 6.67. The maximum Gasteiger partial charge on any atom is 0.317 e. The van der Waals surface area contributed by atoms with Crippen LogP contribution in [0.15, 0.2) is 0 Å². The molecule has 0 aromatic rings. The lowest BCUT2D eigenvalue weighted by atomic mass is 9.74. The van der Waals surface area contributed by atoms with Gasteiger partial charge in [-0.25, -0.2) is 4.79 Å². The Balaban J connectivity index is 1.90. The van der Waals surface area contributed by atoms with Gasteiger partial charge in [0.15, 0.2) is 0 Å². The Labute approximate surface area is 126 Å². The molecular formula is C15H27N3O3. The quantitative estimate of drug-likeness (QED) is 0.733. The fraction of sp³-hybridized carbons (Fsp3) is 0.867. The molecule has 2 rings (SSSR count). The number of likely N-dealkylation sites (tertiary alicyclic amines) is 1. The summed E-state index contributed by atoms with van der Waals surface area (Å²) >= 11 is 0. The highest BCUT2D eigenvalue weighted by molar-refractivity contribution is 5.76. The van der Waals surface area contributed by atoms with Gasteiger partial charge in [0, 0.05) is 19.1 Å². The summed E-state index contributed by atoms with van der Waals surface area (Å²) in [7, 11) is 0. The molecule has 2 aliphatic rings. The Hall–Kier alpha value is -1.30. The van der Waals surface area contributed by atoms with E-state index < -0.39 is 11.4 Å². The van der Waals surface area contributed by atoms with Crippen molar-refractivity contribution in [1.29, 1.82) is 0 Å². The maximum atomic E-state index is 12.4. The summed E-state index contributed by atoms with van der Waals surface area (Å²) in [5.74, 6) is -0.768.